The Balaban J connectivity index is 1.75. The molecule has 0 saturated carbocycles. The minimum Gasteiger partial charge on any atom is -0.444 e. The van der Waals surface area contributed by atoms with Crippen LogP contribution in [0.25, 0.3) is 0 Å². The maximum atomic E-state index is 13.1. The monoisotopic (exact) mass is 272 g/mol. The molecular formula is C14H25FN2O2. The Morgan fingerprint density at radius 3 is 2.58 bits per heavy atom. The summed E-state index contributed by atoms with van der Waals surface area (Å²) in [5, 5.41) is 0. The molecule has 1 amide bonds. The van der Waals surface area contributed by atoms with E-state index in [0.717, 1.165) is 32.6 Å². The molecule has 0 bridgehead atoms. The lowest BCUT2D eigenvalue weighted by Gasteiger charge is -2.25. The fraction of sp³-hybridized carbons (Fsp3) is 0.929. The fourth-order valence-corrected chi connectivity index (χ4v) is 2.79. The highest BCUT2D eigenvalue weighted by Gasteiger charge is 2.32. The van der Waals surface area contributed by atoms with E-state index in [4.69, 9.17) is 4.74 Å². The predicted molar refractivity (Wildman–Crippen MR) is 71.9 cm³/mol. The molecule has 2 atom stereocenters. The number of amides is 1. The average molecular weight is 272 g/mol. The van der Waals surface area contributed by atoms with Crippen LogP contribution in [0.4, 0.5) is 9.18 Å². The van der Waals surface area contributed by atoms with Crippen LogP contribution in [0.2, 0.25) is 0 Å². The van der Waals surface area contributed by atoms with Crippen molar-refractivity contribution in [3.8, 4) is 0 Å². The van der Waals surface area contributed by atoms with Gasteiger partial charge in [0.2, 0.25) is 0 Å². The third kappa shape index (κ3) is 4.34. The van der Waals surface area contributed by atoms with Crippen molar-refractivity contribution in [1.29, 1.82) is 0 Å². The number of nitrogens with zero attached hydrogens (tertiary/aromatic N) is 2. The molecule has 2 aliphatic heterocycles. The number of alkyl halides is 1. The SMILES string of the molecule is CC(C)(C)OC(=O)N1CCC(CN2CC[C@@H](F)C2)C1. The summed E-state index contributed by atoms with van der Waals surface area (Å²) in [6, 6.07) is 0. The number of carbonyl (C=O) groups excluding carboxylic acids is 1. The number of hydrogen-bond acceptors (Lipinski definition) is 3. The van der Waals surface area contributed by atoms with Gasteiger partial charge in [-0.2, -0.15) is 0 Å². The van der Waals surface area contributed by atoms with E-state index < -0.39 is 11.8 Å². The van der Waals surface area contributed by atoms with E-state index >= 15 is 0 Å². The summed E-state index contributed by atoms with van der Waals surface area (Å²) in [5.74, 6) is 0.456. The van der Waals surface area contributed by atoms with Crippen molar-refractivity contribution in [1.82, 2.24) is 9.80 Å². The third-order valence-corrected chi connectivity index (χ3v) is 3.67. The minimum atomic E-state index is -0.664. The first kappa shape index (κ1) is 14.6. The summed E-state index contributed by atoms with van der Waals surface area (Å²) in [6.07, 6.45) is 0.762. The summed E-state index contributed by atoms with van der Waals surface area (Å²) in [4.78, 5) is 15.9. The van der Waals surface area contributed by atoms with Gasteiger partial charge in [0.1, 0.15) is 11.8 Å². The maximum Gasteiger partial charge on any atom is 0.410 e. The van der Waals surface area contributed by atoms with Crippen LogP contribution in [0.1, 0.15) is 33.6 Å². The van der Waals surface area contributed by atoms with E-state index in [9.17, 15) is 9.18 Å². The van der Waals surface area contributed by atoms with Crippen LogP contribution in [-0.4, -0.2) is 60.4 Å². The number of hydrogen-bond donors (Lipinski definition) is 0. The predicted octanol–water partition coefficient (Wildman–Crippen LogP) is 2.29. The molecule has 2 fully saturated rings. The molecule has 2 saturated heterocycles. The van der Waals surface area contributed by atoms with Crippen molar-refractivity contribution < 1.29 is 13.9 Å². The highest BCUT2D eigenvalue weighted by Crippen LogP contribution is 2.22. The van der Waals surface area contributed by atoms with E-state index in [2.05, 4.69) is 4.90 Å². The lowest BCUT2D eigenvalue weighted by molar-refractivity contribution is 0.0285. The molecule has 2 rings (SSSR count). The standard InChI is InChI=1S/C14H25FN2O2/c1-14(2,3)19-13(18)17-7-4-11(9-17)8-16-6-5-12(15)10-16/h11-12H,4-10H2,1-3H3/t11?,12-/m1/s1. The fourth-order valence-electron chi connectivity index (χ4n) is 2.79. The topological polar surface area (TPSA) is 32.8 Å². The molecule has 0 aromatic carbocycles. The maximum absolute atomic E-state index is 13.1. The van der Waals surface area contributed by atoms with E-state index in [1.165, 1.54) is 0 Å². The van der Waals surface area contributed by atoms with Gasteiger partial charge in [-0.25, -0.2) is 9.18 Å². The van der Waals surface area contributed by atoms with Crippen LogP contribution >= 0.6 is 0 Å². The number of rotatable bonds is 2. The molecular weight excluding hydrogens is 247 g/mol. The van der Waals surface area contributed by atoms with E-state index in [1.54, 1.807) is 4.90 Å². The van der Waals surface area contributed by atoms with Crippen molar-refractivity contribution in [3.63, 3.8) is 0 Å². The van der Waals surface area contributed by atoms with E-state index in [-0.39, 0.29) is 6.09 Å². The summed E-state index contributed by atoms with van der Waals surface area (Å²) >= 11 is 0. The van der Waals surface area contributed by atoms with Gasteiger partial charge in [0.25, 0.3) is 0 Å². The molecule has 0 radical (unpaired) electrons. The summed E-state index contributed by atoms with van der Waals surface area (Å²) in [5.41, 5.74) is -0.439. The molecule has 0 aliphatic carbocycles. The zero-order valence-electron chi connectivity index (χ0n) is 12.2. The van der Waals surface area contributed by atoms with Gasteiger partial charge in [0, 0.05) is 32.7 Å². The molecule has 2 aliphatic rings. The number of carbonyl (C=O) groups is 1. The van der Waals surface area contributed by atoms with Crippen molar-refractivity contribution >= 4 is 6.09 Å². The van der Waals surface area contributed by atoms with Gasteiger partial charge in [-0.15, -0.1) is 0 Å². The average Bonchev–Trinajstić information content (AvgIpc) is 2.86. The Kier molecular flexibility index (Phi) is 4.33. The highest BCUT2D eigenvalue weighted by molar-refractivity contribution is 5.68. The Labute approximate surface area is 114 Å². The van der Waals surface area contributed by atoms with Gasteiger partial charge < -0.3 is 9.64 Å². The molecule has 1 unspecified atom stereocenters. The largest absolute Gasteiger partial charge is 0.444 e. The summed E-state index contributed by atoms with van der Waals surface area (Å²) in [7, 11) is 0. The molecule has 5 heteroatoms. The summed E-state index contributed by atoms with van der Waals surface area (Å²) < 4.78 is 18.5. The Morgan fingerprint density at radius 1 is 1.26 bits per heavy atom. The Hall–Kier alpha value is -0.840. The van der Waals surface area contributed by atoms with Gasteiger partial charge >= 0.3 is 6.09 Å². The van der Waals surface area contributed by atoms with Crippen molar-refractivity contribution in [2.45, 2.75) is 45.4 Å². The first-order valence-electron chi connectivity index (χ1n) is 7.18. The molecule has 0 aromatic rings. The van der Waals surface area contributed by atoms with E-state index in [1.807, 2.05) is 20.8 Å². The Bertz CT molecular complexity index is 330. The molecule has 0 spiro atoms. The normalized spacial score (nSPS) is 28.9. The second kappa shape index (κ2) is 5.65. The highest BCUT2D eigenvalue weighted by atomic mass is 19.1. The third-order valence-electron chi connectivity index (χ3n) is 3.67. The van der Waals surface area contributed by atoms with Gasteiger partial charge in [0.05, 0.1) is 0 Å². The van der Waals surface area contributed by atoms with Gasteiger partial charge in [-0.1, -0.05) is 0 Å². The minimum absolute atomic E-state index is 0.222. The van der Waals surface area contributed by atoms with Crippen LogP contribution in [0.15, 0.2) is 0 Å². The molecule has 19 heavy (non-hydrogen) atoms. The smallest absolute Gasteiger partial charge is 0.410 e. The molecule has 0 aromatic heterocycles. The molecule has 4 nitrogen and oxygen atoms in total. The molecule has 2 heterocycles. The Morgan fingerprint density at radius 2 is 2.00 bits per heavy atom. The van der Waals surface area contributed by atoms with Crippen LogP contribution < -0.4 is 0 Å². The zero-order chi connectivity index (χ0) is 14.0. The van der Waals surface area contributed by atoms with E-state index in [0.29, 0.717) is 18.9 Å². The second-order valence-corrected chi connectivity index (χ2v) is 6.73. The van der Waals surface area contributed by atoms with Crippen LogP contribution in [0.5, 0.6) is 0 Å². The van der Waals surface area contributed by atoms with Crippen LogP contribution in [0.3, 0.4) is 0 Å². The van der Waals surface area contributed by atoms with Gasteiger partial charge in [0.15, 0.2) is 0 Å². The number of ether oxygens (including phenoxy) is 1. The lowest BCUT2D eigenvalue weighted by atomic mass is 10.1. The van der Waals surface area contributed by atoms with Crippen molar-refractivity contribution in [2.75, 3.05) is 32.7 Å². The van der Waals surface area contributed by atoms with Crippen LogP contribution in [-0.2, 0) is 4.74 Å². The van der Waals surface area contributed by atoms with Crippen LogP contribution in [0, 0.1) is 5.92 Å². The molecule has 0 N–H and O–H groups in total. The number of likely N-dealkylation sites (tertiary alicyclic amines) is 2. The first-order chi connectivity index (χ1) is 8.83. The lowest BCUT2D eigenvalue weighted by Crippen LogP contribution is -2.36. The van der Waals surface area contributed by atoms with Gasteiger partial charge in [-0.05, 0) is 39.5 Å². The number of halogens is 1. The zero-order valence-corrected chi connectivity index (χ0v) is 12.2. The second-order valence-electron chi connectivity index (χ2n) is 6.73. The van der Waals surface area contributed by atoms with Crippen molar-refractivity contribution in [2.24, 2.45) is 5.92 Å². The molecule has 110 valence electrons. The van der Waals surface area contributed by atoms with Crippen molar-refractivity contribution in [3.05, 3.63) is 0 Å². The first-order valence-corrected chi connectivity index (χ1v) is 7.18. The summed E-state index contributed by atoms with van der Waals surface area (Å²) in [6.45, 7) is 9.44. The quantitative estimate of drug-likeness (QED) is 0.773. The van der Waals surface area contributed by atoms with Gasteiger partial charge in [-0.3, -0.25) is 4.90 Å².